The van der Waals surface area contributed by atoms with Gasteiger partial charge in [-0.1, -0.05) is 31.6 Å². The van der Waals surface area contributed by atoms with E-state index < -0.39 is 14.9 Å². The number of nitrogens with zero attached hydrogens (tertiary/aromatic N) is 1. The second kappa shape index (κ2) is 6.51. The summed E-state index contributed by atoms with van der Waals surface area (Å²) in [7, 11) is -2.22. The highest BCUT2D eigenvalue weighted by Gasteiger charge is 2.27. The smallest absolute Gasteiger partial charge is 0.304 e. The Kier molecular flexibility index (Phi) is 5.49. The van der Waals surface area contributed by atoms with Crippen molar-refractivity contribution in [2.24, 2.45) is 5.92 Å². The molecule has 0 saturated carbocycles. The predicted octanol–water partition coefficient (Wildman–Crippen LogP) is 2.41. The molecule has 2 atom stereocenters. The molecule has 1 heterocycles. The van der Waals surface area contributed by atoms with Crippen LogP contribution >= 0.6 is 11.3 Å². The van der Waals surface area contributed by atoms with Gasteiger partial charge in [-0.3, -0.25) is 10.1 Å². The van der Waals surface area contributed by atoms with E-state index in [1.807, 2.05) is 13.8 Å². The van der Waals surface area contributed by atoms with Gasteiger partial charge < -0.3 is 5.32 Å². The summed E-state index contributed by atoms with van der Waals surface area (Å²) in [5, 5.41) is 13.7. The molecular weight excluding hydrogens is 302 g/mol. The summed E-state index contributed by atoms with van der Waals surface area (Å²) >= 11 is 0.853. The molecule has 0 aromatic carbocycles. The first-order valence-corrected chi connectivity index (χ1v) is 8.51. The third-order valence-corrected chi connectivity index (χ3v) is 6.39. The molecule has 1 aromatic heterocycles. The second-order valence-corrected chi connectivity index (χ2v) is 7.58. The lowest BCUT2D eigenvalue weighted by molar-refractivity contribution is -0.383. The number of hydrogen-bond donors (Lipinski definition) is 2. The van der Waals surface area contributed by atoms with Gasteiger partial charge in [-0.25, -0.2) is 13.1 Å². The molecular formula is C11H19N3O4S2. The van der Waals surface area contributed by atoms with Crippen molar-refractivity contribution in [3.05, 3.63) is 16.2 Å². The maximum Gasteiger partial charge on any atom is 0.304 e. The van der Waals surface area contributed by atoms with Crippen LogP contribution in [-0.2, 0) is 10.0 Å². The fourth-order valence-corrected chi connectivity index (χ4v) is 4.23. The van der Waals surface area contributed by atoms with Crippen LogP contribution in [0.3, 0.4) is 0 Å². The van der Waals surface area contributed by atoms with Crippen LogP contribution in [0.1, 0.15) is 27.2 Å². The third-order valence-electron chi connectivity index (χ3n) is 3.22. The van der Waals surface area contributed by atoms with Crippen LogP contribution in [0.25, 0.3) is 0 Å². The lowest BCUT2D eigenvalue weighted by atomic mass is 10.0. The molecule has 114 valence electrons. The highest BCUT2D eigenvalue weighted by atomic mass is 32.2. The zero-order chi connectivity index (χ0) is 15.5. The second-order valence-electron chi connectivity index (χ2n) is 4.58. The molecule has 0 bridgehead atoms. The molecule has 0 aliphatic rings. The Bertz CT molecular complexity index is 582. The zero-order valence-corrected chi connectivity index (χ0v) is 13.5. The zero-order valence-electron chi connectivity index (χ0n) is 11.8. The van der Waals surface area contributed by atoms with Gasteiger partial charge in [0.05, 0.1) is 4.92 Å². The SMILES string of the molecule is CCC(C)C(C)NS(=O)(=O)c1cc([N+](=O)[O-])c(NC)s1. The first-order chi connectivity index (χ1) is 9.22. The van der Waals surface area contributed by atoms with Gasteiger partial charge in [0.2, 0.25) is 0 Å². The van der Waals surface area contributed by atoms with Crippen LogP contribution in [0.15, 0.2) is 10.3 Å². The van der Waals surface area contributed by atoms with Gasteiger partial charge in [-0.2, -0.15) is 0 Å². The quantitative estimate of drug-likeness (QED) is 0.593. The molecule has 0 amide bonds. The minimum atomic E-state index is -3.74. The van der Waals surface area contributed by atoms with Gasteiger partial charge >= 0.3 is 5.69 Å². The van der Waals surface area contributed by atoms with E-state index in [1.165, 1.54) is 7.05 Å². The van der Waals surface area contributed by atoms with E-state index in [2.05, 4.69) is 10.0 Å². The van der Waals surface area contributed by atoms with Crippen molar-refractivity contribution in [3.63, 3.8) is 0 Å². The molecule has 0 aliphatic heterocycles. The Labute approximate surface area is 122 Å². The van der Waals surface area contributed by atoms with Gasteiger partial charge in [-0.15, -0.1) is 0 Å². The number of sulfonamides is 1. The Morgan fingerprint density at radius 2 is 2.05 bits per heavy atom. The molecule has 0 spiro atoms. The van der Waals surface area contributed by atoms with Crippen LogP contribution in [-0.4, -0.2) is 26.4 Å². The summed E-state index contributed by atoms with van der Waals surface area (Å²) in [5.41, 5.74) is -0.228. The lowest BCUT2D eigenvalue weighted by Crippen LogP contribution is -2.36. The molecule has 0 radical (unpaired) electrons. The van der Waals surface area contributed by atoms with E-state index in [9.17, 15) is 18.5 Å². The molecule has 0 saturated heterocycles. The van der Waals surface area contributed by atoms with E-state index in [-0.39, 0.29) is 26.9 Å². The van der Waals surface area contributed by atoms with Crippen LogP contribution in [0, 0.1) is 16.0 Å². The Balaban J connectivity index is 3.07. The molecule has 1 aromatic rings. The van der Waals surface area contributed by atoms with Crippen molar-refractivity contribution in [2.45, 2.75) is 37.4 Å². The predicted molar refractivity (Wildman–Crippen MR) is 79.8 cm³/mol. The molecule has 0 aliphatic carbocycles. The molecule has 7 nitrogen and oxygen atoms in total. The Morgan fingerprint density at radius 1 is 1.45 bits per heavy atom. The number of nitro groups is 1. The normalized spacial score (nSPS) is 14.8. The lowest BCUT2D eigenvalue weighted by Gasteiger charge is -2.19. The molecule has 1 rings (SSSR count). The largest absolute Gasteiger partial charge is 0.374 e. The Morgan fingerprint density at radius 3 is 2.45 bits per heavy atom. The summed E-state index contributed by atoms with van der Waals surface area (Å²) < 4.78 is 26.9. The standard InChI is InChI=1S/C11H19N3O4S2/c1-5-7(2)8(3)13-20(17,18)10-6-9(14(15)16)11(12-4)19-10/h6-8,12-13H,5H2,1-4H3. The van der Waals surface area contributed by atoms with Crippen molar-refractivity contribution in [2.75, 3.05) is 12.4 Å². The summed E-state index contributed by atoms with van der Waals surface area (Å²) in [5.74, 6) is 0.184. The number of rotatable bonds is 7. The van der Waals surface area contributed by atoms with Crippen molar-refractivity contribution in [1.82, 2.24) is 4.72 Å². The van der Waals surface area contributed by atoms with Crippen LogP contribution in [0.5, 0.6) is 0 Å². The minimum absolute atomic E-state index is 0.0521. The van der Waals surface area contributed by atoms with E-state index in [1.54, 1.807) is 6.92 Å². The average molecular weight is 321 g/mol. The van der Waals surface area contributed by atoms with Crippen LogP contribution < -0.4 is 10.0 Å². The summed E-state index contributed by atoms with van der Waals surface area (Å²) in [6.45, 7) is 5.71. The van der Waals surface area contributed by atoms with Gasteiger partial charge in [0, 0.05) is 19.2 Å². The summed E-state index contributed by atoms with van der Waals surface area (Å²) in [4.78, 5) is 10.3. The summed E-state index contributed by atoms with van der Waals surface area (Å²) in [6, 6.07) is 0.853. The Hall–Kier alpha value is -1.19. The molecule has 2 N–H and O–H groups in total. The molecule has 2 unspecified atom stereocenters. The fraction of sp³-hybridized carbons (Fsp3) is 0.636. The van der Waals surface area contributed by atoms with E-state index in [4.69, 9.17) is 0 Å². The monoisotopic (exact) mass is 321 g/mol. The van der Waals surface area contributed by atoms with Crippen molar-refractivity contribution in [1.29, 1.82) is 0 Å². The van der Waals surface area contributed by atoms with Gasteiger partial charge in [-0.05, 0) is 12.8 Å². The average Bonchev–Trinajstić information content (AvgIpc) is 2.82. The van der Waals surface area contributed by atoms with Gasteiger partial charge in [0.15, 0.2) is 5.00 Å². The molecule has 9 heteroatoms. The number of anilines is 1. The topological polar surface area (TPSA) is 101 Å². The van der Waals surface area contributed by atoms with Gasteiger partial charge in [0.1, 0.15) is 4.21 Å². The van der Waals surface area contributed by atoms with E-state index in [0.29, 0.717) is 0 Å². The van der Waals surface area contributed by atoms with E-state index >= 15 is 0 Å². The third kappa shape index (κ3) is 3.68. The molecule has 0 fully saturated rings. The molecule has 20 heavy (non-hydrogen) atoms. The highest BCUT2D eigenvalue weighted by Crippen LogP contribution is 2.36. The maximum absolute atomic E-state index is 12.2. The van der Waals surface area contributed by atoms with Crippen molar-refractivity contribution < 1.29 is 13.3 Å². The first kappa shape index (κ1) is 16.9. The number of hydrogen-bond acceptors (Lipinski definition) is 6. The number of thiophene rings is 1. The van der Waals surface area contributed by atoms with Crippen LogP contribution in [0.2, 0.25) is 0 Å². The van der Waals surface area contributed by atoms with E-state index in [0.717, 1.165) is 23.8 Å². The highest BCUT2D eigenvalue weighted by molar-refractivity contribution is 7.91. The first-order valence-electron chi connectivity index (χ1n) is 6.21. The number of nitrogens with one attached hydrogen (secondary N) is 2. The van der Waals surface area contributed by atoms with Crippen molar-refractivity contribution >= 4 is 32.0 Å². The minimum Gasteiger partial charge on any atom is -0.374 e. The van der Waals surface area contributed by atoms with Gasteiger partial charge in [0.25, 0.3) is 10.0 Å². The maximum atomic E-state index is 12.2. The summed E-state index contributed by atoms with van der Waals surface area (Å²) in [6.07, 6.45) is 0.843. The van der Waals surface area contributed by atoms with Crippen molar-refractivity contribution in [3.8, 4) is 0 Å². The van der Waals surface area contributed by atoms with Crippen LogP contribution in [0.4, 0.5) is 10.7 Å². The fourth-order valence-electron chi connectivity index (χ4n) is 1.58.